The monoisotopic (exact) mass is 370 g/mol. The van der Waals surface area contributed by atoms with Crippen LogP contribution in [0.25, 0.3) is 0 Å². The van der Waals surface area contributed by atoms with Gasteiger partial charge in [-0.15, -0.1) is 0 Å². The van der Waals surface area contributed by atoms with E-state index < -0.39 is 22.9 Å². The van der Waals surface area contributed by atoms with Crippen molar-refractivity contribution in [3.8, 4) is 0 Å². The second kappa shape index (κ2) is 7.55. The first-order valence-electron chi connectivity index (χ1n) is 8.31. The van der Waals surface area contributed by atoms with Crippen LogP contribution in [0.3, 0.4) is 0 Å². The summed E-state index contributed by atoms with van der Waals surface area (Å²) in [5.74, 6) is -2.47. The van der Waals surface area contributed by atoms with Crippen LogP contribution in [-0.4, -0.2) is 47.1 Å². The van der Waals surface area contributed by atoms with Gasteiger partial charge in [-0.05, 0) is 17.2 Å². The quantitative estimate of drug-likeness (QED) is 0.618. The lowest BCUT2D eigenvalue weighted by molar-refractivity contribution is -0.385. The molecule has 1 aliphatic heterocycles. The van der Waals surface area contributed by atoms with Gasteiger partial charge in [0.15, 0.2) is 0 Å². The van der Waals surface area contributed by atoms with Crippen molar-refractivity contribution in [2.45, 2.75) is 12.0 Å². The number of carbonyl (C=O) groups excluding carboxylic acids is 1. The van der Waals surface area contributed by atoms with Gasteiger partial charge in [-0.2, -0.15) is 0 Å². The number of nitrogens with zero attached hydrogens (tertiary/aromatic N) is 2. The molecule has 0 bridgehead atoms. The number of ether oxygens (including phenoxy) is 1. The molecule has 2 aromatic rings. The number of carboxylic acids is 1. The standard InChI is InChI=1S/C19H18N2O6/c1-27-10-9-20-17(12-5-4-6-13(11-12)21(25)26)16(19(23)24)14-7-2-3-8-15(14)18(20)22/h2-8,11,16-17H,9-10H2,1H3,(H,23,24)/t16-,17+/m0/s1. The van der Waals surface area contributed by atoms with Gasteiger partial charge in [-0.25, -0.2) is 0 Å². The molecule has 8 heteroatoms. The van der Waals surface area contributed by atoms with Gasteiger partial charge in [-0.3, -0.25) is 19.7 Å². The number of carbonyl (C=O) groups is 2. The number of fused-ring (bicyclic) bond motifs is 1. The highest BCUT2D eigenvalue weighted by Crippen LogP contribution is 2.43. The van der Waals surface area contributed by atoms with Crippen LogP contribution in [0.5, 0.6) is 0 Å². The number of nitro groups is 1. The lowest BCUT2D eigenvalue weighted by Gasteiger charge is -2.40. The molecule has 140 valence electrons. The zero-order valence-corrected chi connectivity index (χ0v) is 14.6. The summed E-state index contributed by atoms with van der Waals surface area (Å²) in [6.45, 7) is 0.381. The van der Waals surface area contributed by atoms with E-state index in [1.165, 1.54) is 30.2 Å². The molecule has 2 atom stereocenters. The molecule has 0 saturated heterocycles. The van der Waals surface area contributed by atoms with Crippen molar-refractivity contribution in [1.29, 1.82) is 0 Å². The second-order valence-electron chi connectivity index (χ2n) is 6.19. The van der Waals surface area contributed by atoms with E-state index in [0.29, 0.717) is 16.7 Å². The van der Waals surface area contributed by atoms with Gasteiger partial charge in [0.25, 0.3) is 11.6 Å². The summed E-state index contributed by atoms with van der Waals surface area (Å²) in [7, 11) is 1.49. The molecule has 1 aliphatic rings. The van der Waals surface area contributed by atoms with Crippen molar-refractivity contribution >= 4 is 17.6 Å². The second-order valence-corrected chi connectivity index (χ2v) is 6.19. The van der Waals surface area contributed by atoms with Gasteiger partial charge >= 0.3 is 5.97 Å². The van der Waals surface area contributed by atoms with E-state index in [1.54, 1.807) is 30.3 Å². The van der Waals surface area contributed by atoms with E-state index >= 15 is 0 Å². The van der Waals surface area contributed by atoms with Crippen molar-refractivity contribution in [1.82, 2.24) is 4.90 Å². The molecule has 2 aromatic carbocycles. The molecular weight excluding hydrogens is 352 g/mol. The Labute approximate surface area is 155 Å². The fraction of sp³-hybridized carbons (Fsp3) is 0.263. The average molecular weight is 370 g/mol. The first-order valence-corrected chi connectivity index (χ1v) is 8.31. The molecule has 27 heavy (non-hydrogen) atoms. The summed E-state index contributed by atoms with van der Waals surface area (Å²) < 4.78 is 5.07. The van der Waals surface area contributed by atoms with Crippen LogP contribution in [0.15, 0.2) is 48.5 Å². The Balaban J connectivity index is 2.19. The average Bonchev–Trinajstić information content (AvgIpc) is 2.66. The van der Waals surface area contributed by atoms with Crippen molar-refractivity contribution < 1.29 is 24.4 Å². The SMILES string of the molecule is COCCN1C(=O)c2ccccc2[C@H](C(=O)O)[C@H]1c1cccc([N+](=O)[O-])c1. The maximum Gasteiger partial charge on any atom is 0.313 e. The van der Waals surface area contributed by atoms with E-state index in [9.17, 15) is 24.8 Å². The summed E-state index contributed by atoms with van der Waals surface area (Å²) in [6, 6.07) is 11.4. The van der Waals surface area contributed by atoms with Crippen molar-refractivity contribution in [3.63, 3.8) is 0 Å². The van der Waals surface area contributed by atoms with Crippen molar-refractivity contribution in [2.24, 2.45) is 0 Å². The smallest absolute Gasteiger partial charge is 0.313 e. The van der Waals surface area contributed by atoms with Crippen LogP contribution in [0.1, 0.15) is 33.4 Å². The molecule has 0 saturated carbocycles. The molecule has 1 amide bonds. The molecule has 0 unspecified atom stereocenters. The number of rotatable bonds is 6. The van der Waals surface area contributed by atoms with E-state index in [-0.39, 0.29) is 24.7 Å². The number of aliphatic carboxylic acids is 1. The molecule has 1 N–H and O–H groups in total. The Hall–Kier alpha value is -3.26. The zero-order valence-electron chi connectivity index (χ0n) is 14.6. The number of hydrogen-bond donors (Lipinski definition) is 1. The van der Waals surface area contributed by atoms with Crippen LogP contribution >= 0.6 is 0 Å². The number of hydrogen-bond acceptors (Lipinski definition) is 5. The Morgan fingerprint density at radius 3 is 2.67 bits per heavy atom. The summed E-state index contributed by atoms with van der Waals surface area (Å²) in [4.78, 5) is 37.2. The summed E-state index contributed by atoms with van der Waals surface area (Å²) in [5.41, 5.74) is 0.966. The number of benzene rings is 2. The highest BCUT2D eigenvalue weighted by Gasteiger charge is 2.44. The topological polar surface area (TPSA) is 110 Å². The third kappa shape index (κ3) is 3.39. The lowest BCUT2D eigenvalue weighted by Crippen LogP contribution is -2.46. The van der Waals surface area contributed by atoms with Crippen LogP contribution in [0.4, 0.5) is 5.69 Å². The van der Waals surface area contributed by atoms with Crippen LogP contribution < -0.4 is 0 Å². The van der Waals surface area contributed by atoms with Crippen molar-refractivity contribution in [2.75, 3.05) is 20.3 Å². The molecule has 0 fully saturated rings. The largest absolute Gasteiger partial charge is 0.481 e. The van der Waals surface area contributed by atoms with E-state index in [4.69, 9.17) is 4.74 Å². The number of methoxy groups -OCH3 is 1. The van der Waals surface area contributed by atoms with E-state index in [2.05, 4.69) is 0 Å². The Morgan fingerprint density at radius 1 is 1.26 bits per heavy atom. The minimum Gasteiger partial charge on any atom is -0.481 e. The Morgan fingerprint density at radius 2 is 2.00 bits per heavy atom. The van der Waals surface area contributed by atoms with Gasteiger partial charge < -0.3 is 14.7 Å². The molecule has 0 radical (unpaired) electrons. The van der Waals surface area contributed by atoms with E-state index in [0.717, 1.165) is 0 Å². The summed E-state index contributed by atoms with van der Waals surface area (Å²) in [6.07, 6.45) is 0. The Bertz CT molecular complexity index is 897. The van der Waals surface area contributed by atoms with Gasteiger partial charge in [0.2, 0.25) is 0 Å². The molecule has 3 rings (SSSR count). The van der Waals surface area contributed by atoms with Gasteiger partial charge in [-0.1, -0.05) is 30.3 Å². The summed E-state index contributed by atoms with van der Waals surface area (Å²) >= 11 is 0. The minimum atomic E-state index is -1.10. The fourth-order valence-corrected chi connectivity index (χ4v) is 3.49. The zero-order chi connectivity index (χ0) is 19.6. The van der Waals surface area contributed by atoms with Gasteiger partial charge in [0.1, 0.15) is 5.92 Å². The number of carboxylic acid groups (broad SMARTS) is 1. The van der Waals surface area contributed by atoms with Gasteiger partial charge in [0, 0.05) is 31.4 Å². The predicted molar refractivity (Wildman–Crippen MR) is 95.6 cm³/mol. The molecule has 1 heterocycles. The molecule has 0 aromatic heterocycles. The molecule has 0 spiro atoms. The molecule has 8 nitrogen and oxygen atoms in total. The minimum absolute atomic E-state index is 0.158. The normalized spacial score (nSPS) is 18.9. The fourth-order valence-electron chi connectivity index (χ4n) is 3.49. The highest BCUT2D eigenvalue weighted by atomic mass is 16.6. The lowest BCUT2D eigenvalue weighted by atomic mass is 9.79. The third-order valence-electron chi connectivity index (χ3n) is 4.66. The maximum absolute atomic E-state index is 13.0. The van der Waals surface area contributed by atoms with E-state index in [1.807, 2.05) is 0 Å². The van der Waals surface area contributed by atoms with Crippen LogP contribution in [0, 0.1) is 10.1 Å². The third-order valence-corrected chi connectivity index (χ3v) is 4.66. The first kappa shape index (κ1) is 18.5. The maximum atomic E-state index is 13.0. The van der Waals surface area contributed by atoms with Crippen molar-refractivity contribution in [3.05, 3.63) is 75.3 Å². The molecular formula is C19H18N2O6. The predicted octanol–water partition coefficient (Wildman–Crippen LogP) is 2.61. The Kier molecular flexibility index (Phi) is 5.18. The highest BCUT2D eigenvalue weighted by molar-refractivity contribution is 6.00. The number of non-ortho nitro benzene ring substituents is 1. The summed E-state index contributed by atoms with van der Waals surface area (Å²) in [5, 5.41) is 21.1. The van der Waals surface area contributed by atoms with Crippen LogP contribution in [-0.2, 0) is 9.53 Å². The number of amides is 1. The number of nitro benzene ring substituents is 1. The molecule has 0 aliphatic carbocycles. The first-order chi connectivity index (χ1) is 13.0. The van der Waals surface area contributed by atoms with Crippen LogP contribution in [0.2, 0.25) is 0 Å². The van der Waals surface area contributed by atoms with Gasteiger partial charge in [0.05, 0.1) is 17.6 Å².